The van der Waals surface area contributed by atoms with Gasteiger partial charge in [0, 0.05) is 12.6 Å². The van der Waals surface area contributed by atoms with Crippen molar-refractivity contribution in [3.05, 3.63) is 0 Å². The highest BCUT2D eigenvalue weighted by molar-refractivity contribution is 4.84. The molecule has 0 amide bonds. The molecule has 110 valence electrons. The van der Waals surface area contributed by atoms with Crippen LogP contribution in [-0.2, 0) is 0 Å². The van der Waals surface area contributed by atoms with Crippen molar-refractivity contribution in [2.24, 2.45) is 11.8 Å². The quantitative estimate of drug-likeness (QED) is 0.569. The molecule has 2 unspecified atom stereocenters. The summed E-state index contributed by atoms with van der Waals surface area (Å²) in [5.41, 5.74) is -1.02. The molecular formula is C16H34FN. The maximum atomic E-state index is 14.8. The molecule has 0 aromatic heterocycles. The molecule has 0 aromatic carbocycles. The van der Waals surface area contributed by atoms with Crippen molar-refractivity contribution in [1.29, 1.82) is 0 Å². The van der Waals surface area contributed by atoms with Crippen LogP contribution >= 0.6 is 0 Å². The van der Waals surface area contributed by atoms with Crippen molar-refractivity contribution in [2.75, 3.05) is 13.6 Å². The van der Waals surface area contributed by atoms with Gasteiger partial charge in [-0.25, -0.2) is 4.39 Å². The van der Waals surface area contributed by atoms with Crippen molar-refractivity contribution in [2.45, 2.75) is 78.9 Å². The first kappa shape index (κ1) is 17.9. The van der Waals surface area contributed by atoms with E-state index in [9.17, 15) is 4.39 Å². The highest BCUT2D eigenvalue weighted by Gasteiger charge is 2.31. The Balaban J connectivity index is 4.52. The number of halogens is 1. The summed E-state index contributed by atoms with van der Waals surface area (Å²) >= 11 is 0. The van der Waals surface area contributed by atoms with E-state index in [1.54, 1.807) is 0 Å². The van der Waals surface area contributed by atoms with Crippen LogP contribution in [0.15, 0.2) is 0 Å². The van der Waals surface area contributed by atoms with Crippen LogP contribution in [0.4, 0.5) is 4.39 Å². The third kappa shape index (κ3) is 6.72. The van der Waals surface area contributed by atoms with E-state index in [2.05, 4.69) is 46.6 Å². The van der Waals surface area contributed by atoms with Gasteiger partial charge in [0.15, 0.2) is 0 Å². The summed E-state index contributed by atoms with van der Waals surface area (Å²) < 4.78 is 14.8. The van der Waals surface area contributed by atoms with Crippen LogP contribution in [0, 0.1) is 11.8 Å². The van der Waals surface area contributed by atoms with Gasteiger partial charge < -0.3 is 4.90 Å². The Morgan fingerprint density at radius 1 is 1.06 bits per heavy atom. The second-order valence-electron chi connectivity index (χ2n) is 6.71. The predicted octanol–water partition coefficient (Wildman–Crippen LogP) is 4.91. The van der Waals surface area contributed by atoms with E-state index in [1.165, 1.54) is 0 Å². The lowest BCUT2D eigenvalue weighted by Gasteiger charge is -2.35. The van der Waals surface area contributed by atoms with Gasteiger partial charge in [-0.15, -0.1) is 0 Å². The summed E-state index contributed by atoms with van der Waals surface area (Å²) in [5, 5.41) is 0. The average molecular weight is 259 g/mol. The van der Waals surface area contributed by atoms with Crippen LogP contribution in [0.25, 0.3) is 0 Å². The van der Waals surface area contributed by atoms with Crippen LogP contribution in [0.5, 0.6) is 0 Å². The molecule has 0 aliphatic rings. The second-order valence-corrected chi connectivity index (χ2v) is 6.71. The maximum Gasteiger partial charge on any atom is 0.123 e. The molecule has 0 spiro atoms. The molecule has 0 N–H and O–H groups in total. The third-order valence-corrected chi connectivity index (χ3v) is 3.78. The minimum absolute atomic E-state index is 0.425. The van der Waals surface area contributed by atoms with Crippen molar-refractivity contribution >= 4 is 0 Å². The van der Waals surface area contributed by atoms with Gasteiger partial charge in [0.05, 0.1) is 0 Å². The number of alkyl halides is 1. The molecule has 0 fully saturated rings. The lowest BCUT2D eigenvalue weighted by atomic mass is 9.90. The SMILES string of the molecule is CCC(CC(C)C)N(C)CC(F)(CC)CC(C)C. The summed E-state index contributed by atoms with van der Waals surface area (Å²) in [6, 6.07) is 0.513. The van der Waals surface area contributed by atoms with E-state index in [1.807, 2.05) is 6.92 Å². The topological polar surface area (TPSA) is 3.24 Å². The van der Waals surface area contributed by atoms with Gasteiger partial charge in [-0.3, -0.25) is 0 Å². The van der Waals surface area contributed by atoms with Gasteiger partial charge in [-0.2, -0.15) is 0 Å². The zero-order valence-corrected chi connectivity index (χ0v) is 13.6. The first-order valence-corrected chi connectivity index (χ1v) is 7.63. The second kappa shape index (κ2) is 8.14. The van der Waals surface area contributed by atoms with E-state index >= 15 is 0 Å². The number of hydrogen-bond donors (Lipinski definition) is 0. The predicted molar refractivity (Wildman–Crippen MR) is 79.7 cm³/mol. The minimum atomic E-state index is -1.02. The molecule has 18 heavy (non-hydrogen) atoms. The Morgan fingerprint density at radius 3 is 1.94 bits per heavy atom. The van der Waals surface area contributed by atoms with Crippen LogP contribution < -0.4 is 0 Å². The standard InChI is InChI=1S/C16H34FN/c1-8-15(10-13(3)4)18(7)12-16(17,9-2)11-14(5)6/h13-15H,8-12H2,1-7H3. The molecule has 0 saturated heterocycles. The van der Waals surface area contributed by atoms with Gasteiger partial charge in [-0.1, -0.05) is 41.5 Å². The van der Waals surface area contributed by atoms with E-state index in [4.69, 9.17) is 0 Å². The fourth-order valence-electron chi connectivity index (χ4n) is 2.83. The Hall–Kier alpha value is -0.110. The molecule has 0 aliphatic heterocycles. The van der Waals surface area contributed by atoms with Crippen LogP contribution in [0.2, 0.25) is 0 Å². The Labute approximate surface area is 114 Å². The van der Waals surface area contributed by atoms with E-state index < -0.39 is 5.67 Å². The molecule has 0 rings (SSSR count). The van der Waals surface area contributed by atoms with Crippen LogP contribution in [-0.4, -0.2) is 30.2 Å². The molecule has 0 radical (unpaired) electrons. The highest BCUT2D eigenvalue weighted by atomic mass is 19.1. The minimum Gasteiger partial charge on any atom is -0.300 e. The van der Waals surface area contributed by atoms with E-state index in [0.717, 1.165) is 12.8 Å². The van der Waals surface area contributed by atoms with Gasteiger partial charge in [0.25, 0.3) is 0 Å². The summed E-state index contributed by atoms with van der Waals surface area (Å²) in [4.78, 5) is 2.24. The summed E-state index contributed by atoms with van der Waals surface area (Å²) in [5.74, 6) is 1.10. The van der Waals surface area contributed by atoms with Crippen molar-refractivity contribution in [3.63, 3.8) is 0 Å². The summed E-state index contributed by atoms with van der Waals surface area (Å²) in [6.45, 7) is 13.5. The highest BCUT2D eigenvalue weighted by Crippen LogP contribution is 2.28. The molecule has 2 heteroatoms. The van der Waals surface area contributed by atoms with Crippen molar-refractivity contribution in [1.82, 2.24) is 4.90 Å². The Kier molecular flexibility index (Phi) is 8.09. The summed E-state index contributed by atoms with van der Waals surface area (Å²) in [6.07, 6.45) is 3.56. The number of nitrogens with zero attached hydrogens (tertiary/aromatic N) is 1. The van der Waals surface area contributed by atoms with Gasteiger partial charge >= 0.3 is 0 Å². The molecule has 0 aliphatic carbocycles. The maximum absolute atomic E-state index is 14.8. The third-order valence-electron chi connectivity index (χ3n) is 3.78. The molecule has 2 atom stereocenters. The largest absolute Gasteiger partial charge is 0.300 e. The van der Waals surface area contributed by atoms with E-state index in [-0.39, 0.29) is 0 Å². The van der Waals surface area contributed by atoms with Gasteiger partial charge in [0.1, 0.15) is 5.67 Å². The number of rotatable bonds is 9. The smallest absolute Gasteiger partial charge is 0.123 e. The molecule has 1 nitrogen and oxygen atoms in total. The lowest BCUT2D eigenvalue weighted by Crippen LogP contribution is -2.43. The van der Waals surface area contributed by atoms with Gasteiger partial charge in [0.2, 0.25) is 0 Å². The van der Waals surface area contributed by atoms with Crippen molar-refractivity contribution in [3.8, 4) is 0 Å². The molecule has 0 aromatic rings. The van der Waals surface area contributed by atoms with Crippen LogP contribution in [0.1, 0.15) is 67.2 Å². The van der Waals surface area contributed by atoms with E-state index in [0.29, 0.717) is 37.3 Å². The zero-order valence-electron chi connectivity index (χ0n) is 13.6. The number of hydrogen-bond acceptors (Lipinski definition) is 1. The van der Waals surface area contributed by atoms with Gasteiger partial charge in [-0.05, 0) is 44.6 Å². The molecular weight excluding hydrogens is 225 g/mol. The molecule has 0 heterocycles. The Morgan fingerprint density at radius 2 is 1.61 bits per heavy atom. The normalized spacial score (nSPS) is 17.5. The fraction of sp³-hybridized carbons (Fsp3) is 1.00. The first-order valence-electron chi connectivity index (χ1n) is 7.63. The molecule has 0 bridgehead atoms. The van der Waals surface area contributed by atoms with Crippen LogP contribution in [0.3, 0.4) is 0 Å². The lowest BCUT2D eigenvalue weighted by molar-refractivity contribution is 0.0547. The monoisotopic (exact) mass is 259 g/mol. The van der Waals surface area contributed by atoms with Crippen molar-refractivity contribution < 1.29 is 4.39 Å². The average Bonchev–Trinajstić information content (AvgIpc) is 2.24. The summed E-state index contributed by atoms with van der Waals surface area (Å²) in [7, 11) is 2.08. The fourth-order valence-corrected chi connectivity index (χ4v) is 2.83. The first-order chi connectivity index (χ1) is 8.24. The zero-order chi connectivity index (χ0) is 14.3. The molecule has 0 saturated carbocycles. The Bertz CT molecular complexity index is 215.